The smallest absolute Gasteiger partial charge is 0.296 e. The highest BCUT2D eigenvalue weighted by atomic mass is 32.1. The molecule has 0 amide bonds. The van der Waals surface area contributed by atoms with Crippen LogP contribution in [-0.4, -0.2) is 25.7 Å². The van der Waals surface area contributed by atoms with E-state index in [1.807, 2.05) is 32.2 Å². The number of H-pyrrole nitrogens is 1. The van der Waals surface area contributed by atoms with E-state index in [2.05, 4.69) is 25.9 Å². The van der Waals surface area contributed by atoms with Crippen molar-refractivity contribution in [1.29, 1.82) is 0 Å². The van der Waals surface area contributed by atoms with Crippen LogP contribution in [0.15, 0.2) is 34.2 Å². The van der Waals surface area contributed by atoms with Gasteiger partial charge in [-0.25, -0.2) is 0 Å². The van der Waals surface area contributed by atoms with Crippen LogP contribution >= 0.6 is 12.2 Å². The number of fused-ring (bicyclic) bond motifs is 1. The number of benzene rings is 1. The summed E-state index contributed by atoms with van der Waals surface area (Å²) in [4.78, 5) is 12.1. The predicted molar refractivity (Wildman–Crippen MR) is 89.1 cm³/mol. The number of rotatable bonds is 2. The Morgan fingerprint density at radius 1 is 1.32 bits per heavy atom. The molecule has 0 atom stereocenters. The van der Waals surface area contributed by atoms with E-state index in [0.29, 0.717) is 5.69 Å². The van der Waals surface area contributed by atoms with Gasteiger partial charge in [-0.05, 0) is 32.1 Å². The molecule has 0 aliphatic carbocycles. The fraction of sp³-hybridized carbons (Fsp3) is 0.200. The van der Waals surface area contributed by atoms with Crippen molar-refractivity contribution in [1.82, 2.24) is 19.4 Å². The Labute approximate surface area is 131 Å². The van der Waals surface area contributed by atoms with Crippen molar-refractivity contribution in [2.24, 2.45) is 12.1 Å². The molecule has 0 aliphatic heterocycles. The minimum Gasteiger partial charge on any atom is -0.347 e. The van der Waals surface area contributed by atoms with Crippen molar-refractivity contribution in [3.05, 3.63) is 56.3 Å². The quantitative estimate of drug-likeness (QED) is 0.583. The maximum atomic E-state index is 12.1. The summed E-state index contributed by atoms with van der Waals surface area (Å²) in [6.45, 7) is 3.63. The summed E-state index contributed by atoms with van der Waals surface area (Å²) in [7, 11) is 2.00. The Balaban J connectivity index is 2.20. The summed E-state index contributed by atoms with van der Waals surface area (Å²) < 4.78 is 3.42. The van der Waals surface area contributed by atoms with E-state index in [4.69, 9.17) is 12.2 Å². The predicted octanol–water partition coefficient (Wildman–Crippen LogP) is 2.29. The highest BCUT2D eigenvalue weighted by Crippen LogP contribution is 2.23. The lowest BCUT2D eigenvalue weighted by Crippen LogP contribution is -2.22. The number of para-hydroxylation sites is 1. The van der Waals surface area contributed by atoms with E-state index in [0.717, 1.165) is 26.8 Å². The first-order chi connectivity index (χ1) is 10.5. The number of aromatic nitrogens is 4. The van der Waals surface area contributed by atoms with Crippen LogP contribution in [-0.2, 0) is 7.05 Å². The highest BCUT2D eigenvalue weighted by molar-refractivity contribution is 7.71. The molecule has 112 valence electrons. The zero-order chi connectivity index (χ0) is 15.9. The molecule has 6 nitrogen and oxygen atoms in total. The van der Waals surface area contributed by atoms with Crippen LogP contribution < -0.4 is 5.56 Å². The third kappa shape index (κ3) is 2.19. The molecule has 0 saturated heterocycles. The second-order valence-electron chi connectivity index (χ2n) is 5.05. The summed E-state index contributed by atoms with van der Waals surface area (Å²) in [6.07, 6.45) is 1.67. The number of hydrogen-bond donors (Lipinski definition) is 1. The maximum absolute atomic E-state index is 12.1. The summed E-state index contributed by atoms with van der Waals surface area (Å²) in [6, 6.07) is 8.06. The van der Waals surface area contributed by atoms with E-state index >= 15 is 0 Å². The van der Waals surface area contributed by atoms with Gasteiger partial charge >= 0.3 is 0 Å². The summed E-state index contributed by atoms with van der Waals surface area (Å²) >= 11 is 5.07. The molecular formula is C15H15N5OS. The maximum Gasteiger partial charge on any atom is 0.296 e. The molecule has 0 bridgehead atoms. The van der Waals surface area contributed by atoms with Gasteiger partial charge in [0.15, 0.2) is 0 Å². The highest BCUT2D eigenvalue weighted by Gasteiger charge is 2.09. The van der Waals surface area contributed by atoms with Crippen molar-refractivity contribution in [2.45, 2.75) is 13.8 Å². The molecular weight excluding hydrogens is 298 g/mol. The van der Waals surface area contributed by atoms with Crippen LogP contribution in [0.5, 0.6) is 0 Å². The first kappa shape index (κ1) is 14.4. The van der Waals surface area contributed by atoms with Gasteiger partial charge in [-0.2, -0.15) is 14.9 Å². The third-order valence-corrected chi connectivity index (χ3v) is 4.03. The average molecular weight is 313 g/mol. The minimum atomic E-state index is -0.321. The lowest BCUT2D eigenvalue weighted by molar-refractivity contribution is 0.720. The topological polar surface area (TPSA) is 68.0 Å². The molecule has 3 rings (SSSR count). The third-order valence-electron chi connectivity index (χ3n) is 3.76. The van der Waals surface area contributed by atoms with Crippen LogP contribution in [0.25, 0.3) is 10.9 Å². The summed E-state index contributed by atoms with van der Waals surface area (Å²) in [5.41, 5.74) is 3.15. The largest absolute Gasteiger partial charge is 0.347 e. The van der Waals surface area contributed by atoms with Gasteiger partial charge in [0.2, 0.25) is 4.77 Å². The Morgan fingerprint density at radius 2 is 2.05 bits per heavy atom. The zero-order valence-electron chi connectivity index (χ0n) is 12.5. The van der Waals surface area contributed by atoms with Gasteiger partial charge in [0.1, 0.15) is 5.69 Å². The molecule has 2 aromatic heterocycles. The van der Waals surface area contributed by atoms with E-state index < -0.39 is 0 Å². The second kappa shape index (κ2) is 5.34. The summed E-state index contributed by atoms with van der Waals surface area (Å²) in [5, 5.41) is 11.8. The van der Waals surface area contributed by atoms with E-state index in [1.54, 1.807) is 13.1 Å². The standard InChI is InChI=1S/C15H15N5OS/c1-9-14(21)20(15(22)18-17-9)16-8-12-10(2)19(3)13-7-5-4-6-11(12)13/h4-8H,1-3H3,(H,18,22). The van der Waals surface area contributed by atoms with E-state index in [9.17, 15) is 4.79 Å². The Morgan fingerprint density at radius 3 is 2.82 bits per heavy atom. The first-order valence-electron chi connectivity index (χ1n) is 6.77. The van der Waals surface area contributed by atoms with Crippen molar-refractivity contribution in [2.75, 3.05) is 0 Å². The minimum absolute atomic E-state index is 0.171. The molecule has 0 saturated carbocycles. The van der Waals surface area contributed by atoms with Gasteiger partial charge in [-0.3, -0.25) is 9.89 Å². The fourth-order valence-corrected chi connectivity index (χ4v) is 2.58. The molecule has 0 spiro atoms. The average Bonchev–Trinajstić information content (AvgIpc) is 2.76. The van der Waals surface area contributed by atoms with Crippen LogP contribution in [0, 0.1) is 18.6 Å². The lowest BCUT2D eigenvalue weighted by Gasteiger charge is -2.00. The number of hydrogen-bond acceptors (Lipinski definition) is 4. The van der Waals surface area contributed by atoms with Gasteiger partial charge in [0, 0.05) is 29.2 Å². The van der Waals surface area contributed by atoms with Crippen molar-refractivity contribution in [3.8, 4) is 0 Å². The molecule has 0 aliphatic rings. The Hall–Kier alpha value is -2.54. The van der Waals surface area contributed by atoms with Crippen LogP contribution in [0.3, 0.4) is 0 Å². The first-order valence-corrected chi connectivity index (χ1v) is 7.18. The van der Waals surface area contributed by atoms with Crippen LogP contribution in [0.4, 0.5) is 0 Å². The van der Waals surface area contributed by atoms with Gasteiger partial charge in [-0.1, -0.05) is 18.2 Å². The number of nitrogens with zero attached hydrogens (tertiary/aromatic N) is 4. The van der Waals surface area contributed by atoms with Gasteiger partial charge in [0.05, 0.1) is 6.21 Å². The number of aryl methyl sites for hydroxylation is 2. The second-order valence-corrected chi connectivity index (χ2v) is 5.44. The normalized spacial score (nSPS) is 11.6. The molecule has 0 fully saturated rings. The van der Waals surface area contributed by atoms with Gasteiger partial charge < -0.3 is 4.57 Å². The van der Waals surface area contributed by atoms with Gasteiger partial charge in [-0.15, -0.1) is 0 Å². The molecule has 1 aromatic carbocycles. The number of nitrogens with one attached hydrogen (secondary N) is 1. The molecule has 1 N–H and O–H groups in total. The van der Waals surface area contributed by atoms with E-state index in [1.165, 1.54) is 0 Å². The van der Waals surface area contributed by atoms with E-state index in [-0.39, 0.29) is 10.3 Å². The van der Waals surface area contributed by atoms with Gasteiger partial charge in [0.25, 0.3) is 5.56 Å². The van der Waals surface area contributed by atoms with Crippen LogP contribution in [0.1, 0.15) is 17.0 Å². The Bertz CT molecular complexity index is 1010. The number of aromatic amines is 1. The monoisotopic (exact) mass is 313 g/mol. The molecule has 0 radical (unpaired) electrons. The van der Waals surface area contributed by atoms with Crippen molar-refractivity contribution in [3.63, 3.8) is 0 Å². The van der Waals surface area contributed by atoms with Crippen molar-refractivity contribution >= 4 is 29.3 Å². The fourth-order valence-electron chi connectivity index (χ4n) is 2.41. The molecule has 0 unspecified atom stereocenters. The SMILES string of the molecule is Cc1n[nH]c(=S)n(N=Cc2c(C)n(C)c3ccccc23)c1=O. The summed E-state index contributed by atoms with van der Waals surface area (Å²) in [5.74, 6) is 0. The van der Waals surface area contributed by atoms with Crippen LogP contribution in [0.2, 0.25) is 0 Å². The molecule has 2 heterocycles. The molecule has 22 heavy (non-hydrogen) atoms. The molecule has 3 aromatic rings. The lowest BCUT2D eigenvalue weighted by atomic mass is 10.1. The Kier molecular flexibility index (Phi) is 3.50. The molecule has 7 heteroatoms. The zero-order valence-corrected chi connectivity index (χ0v) is 13.3. The van der Waals surface area contributed by atoms with Crippen molar-refractivity contribution < 1.29 is 0 Å².